The summed E-state index contributed by atoms with van der Waals surface area (Å²) in [6, 6.07) is 4.91. The normalized spacial score (nSPS) is 30.5. The largest absolute Gasteiger partial charge is 0.481 e. The number of ether oxygens (including phenoxy) is 2. The van der Waals surface area contributed by atoms with Gasteiger partial charge in [-0.3, -0.25) is 10.1 Å². The van der Waals surface area contributed by atoms with Crippen molar-refractivity contribution in [1.29, 1.82) is 5.26 Å². The molecular weight excluding hydrogens is 312 g/mol. The summed E-state index contributed by atoms with van der Waals surface area (Å²) in [7, 11) is 0. The number of aliphatic hydroxyl groups is 4. The SMILES string of the molecule is N#Cc1cc([N+](=O)[O-])ccc1O[C@@H]1[C@@H](O)[C@@H](O)[C@@H](CO)O[C@H]1O. The molecule has 10 nitrogen and oxygen atoms in total. The molecule has 1 saturated heterocycles. The summed E-state index contributed by atoms with van der Waals surface area (Å²) in [5, 5.41) is 58.2. The minimum atomic E-state index is -1.67. The first-order chi connectivity index (χ1) is 10.9. The zero-order valence-electron chi connectivity index (χ0n) is 11.6. The van der Waals surface area contributed by atoms with Crippen LogP contribution in [0.25, 0.3) is 0 Å². The molecule has 1 aliphatic heterocycles. The molecule has 0 radical (unpaired) electrons. The molecule has 1 heterocycles. The molecule has 4 N–H and O–H groups in total. The molecule has 0 aliphatic carbocycles. The van der Waals surface area contributed by atoms with Crippen molar-refractivity contribution in [2.45, 2.75) is 30.7 Å². The van der Waals surface area contributed by atoms with E-state index in [1.807, 2.05) is 0 Å². The summed E-state index contributed by atoms with van der Waals surface area (Å²) in [5.41, 5.74) is -0.507. The maximum Gasteiger partial charge on any atom is 0.271 e. The second-order valence-electron chi connectivity index (χ2n) is 4.86. The van der Waals surface area contributed by atoms with E-state index in [1.165, 1.54) is 0 Å². The summed E-state index contributed by atoms with van der Waals surface area (Å²) in [4.78, 5) is 10.00. The molecule has 23 heavy (non-hydrogen) atoms. The van der Waals surface area contributed by atoms with Gasteiger partial charge < -0.3 is 29.9 Å². The minimum Gasteiger partial charge on any atom is -0.481 e. The average molecular weight is 326 g/mol. The molecule has 0 amide bonds. The highest BCUT2D eigenvalue weighted by atomic mass is 16.7. The van der Waals surface area contributed by atoms with Crippen molar-refractivity contribution in [3.63, 3.8) is 0 Å². The summed E-state index contributed by atoms with van der Waals surface area (Å²) < 4.78 is 10.2. The molecule has 0 bridgehead atoms. The zero-order chi connectivity index (χ0) is 17.1. The highest BCUT2D eigenvalue weighted by Gasteiger charge is 2.45. The Kier molecular flexibility index (Phi) is 5.09. The van der Waals surface area contributed by atoms with Gasteiger partial charge in [-0.05, 0) is 6.07 Å². The quantitative estimate of drug-likeness (QED) is 0.386. The molecule has 10 heteroatoms. The lowest BCUT2D eigenvalue weighted by molar-refractivity contribution is -0.384. The third-order valence-electron chi connectivity index (χ3n) is 3.40. The van der Waals surface area contributed by atoms with Crippen LogP contribution < -0.4 is 4.74 Å². The number of non-ortho nitro benzene ring substituents is 1. The van der Waals surface area contributed by atoms with Gasteiger partial charge in [0.05, 0.1) is 11.5 Å². The van der Waals surface area contributed by atoms with E-state index in [2.05, 4.69) is 0 Å². The van der Waals surface area contributed by atoms with Crippen LogP contribution in [0.1, 0.15) is 5.56 Å². The monoisotopic (exact) mass is 326 g/mol. The molecule has 0 aromatic heterocycles. The molecule has 5 atom stereocenters. The van der Waals surface area contributed by atoms with Gasteiger partial charge >= 0.3 is 0 Å². The average Bonchev–Trinajstić information content (AvgIpc) is 2.54. The first kappa shape index (κ1) is 17.1. The van der Waals surface area contributed by atoms with Crippen molar-refractivity contribution >= 4 is 5.69 Å². The summed E-state index contributed by atoms with van der Waals surface area (Å²) >= 11 is 0. The zero-order valence-corrected chi connectivity index (χ0v) is 11.6. The van der Waals surface area contributed by atoms with E-state index < -0.39 is 42.2 Å². The van der Waals surface area contributed by atoms with Gasteiger partial charge in [-0.2, -0.15) is 5.26 Å². The van der Waals surface area contributed by atoms with Crippen LogP contribution in [0, 0.1) is 21.4 Å². The predicted octanol–water partition coefficient (Wildman–Crippen LogP) is -1.35. The fourth-order valence-electron chi connectivity index (χ4n) is 2.17. The lowest BCUT2D eigenvalue weighted by Gasteiger charge is -2.39. The van der Waals surface area contributed by atoms with Crippen LogP contribution >= 0.6 is 0 Å². The van der Waals surface area contributed by atoms with Gasteiger partial charge in [-0.25, -0.2) is 0 Å². The van der Waals surface area contributed by atoms with E-state index in [0.29, 0.717) is 0 Å². The maximum absolute atomic E-state index is 10.7. The Hall–Kier alpha value is -2.29. The van der Waals surface area contributed by atoms with Gasteiger partial charge in [0.2, 0.25) is 0 Å². The standard InChI is InChI=1S/C13H14N2O8/c14-4-6-3-7(15(20)21)1-2-8(6)22-12-11(18)10(17)9(5-16)23-13(12)19/h1-3,9-13,16-19H,5H2/t9-,10+,11+,12-,13-/m1/s1. The smallest absolute Gasteiger partial charge is 0.271 e. The van der Waals surface area contributed by atoms with Crippen LogP contribution in [0.2, 0.25) is 0 Å². The van der Waals surface area contributed by atoms with Gasteiger partial charge in [0, 0.05) is 12.1 Å². The van der Waals surface area contributed by atoms with Gasteiger partial charge in [0.25, 0.3) is 5.69 Å². The Bertz CT molecular complexity index is 631. The molecule has 0 spiro atoms. The van der Waals surface area contributed by atoms with Crippen molar-refractivity contribution in [3.8, 4) is 11.8 Å². The van der Waals surface area contributed by atoms with E-state index in [0.717, 1.165) is 18.2 Å². The Morgan fingerprint density at radius 1 is 1.35 bits per heavy atom. The molecule has 0 unspecified atom stereocenters. The number of rotatable bonds is 4. The Morgan fingerprint density at radius 3 is 2.61 bits per heavy atom. The number of nitriles is 1. The lowest BCUT2D eigenvalue weighted by atomic mass is 9.99. The second-order valence-corrected chi connectivity index (χ2v) is 4.86. The molecule has 2 rings (SSSR count). The van der Waals surface area contributed by atoms with Crippen molar-refractivity contribution in [1.82, 2.24) is 0 Å². The third-order valence-corrected chi connectivity index (χ3v) is 3.40. The molecule has 1 fully saturated rings. The minimum absolute atomic E-state index is 0.126. The highest BCUT2D eigenvalue weighted by Crippen LogP contribution is 2.28. The van der Waals surface area contributed by atoms with Crippen molar-refractivity contribution in [2.24, 2.45) is 0 Å². The van der Waals surface area contributed by atoms with Crippen molar-refractivity contribution in [2.75, 3.05) is 6.61 Å². The van der Waals surface area contributed by atoms with Crippen LogP contribution in [0.5, 0.6) is 5.75 Å². The number of hydrogen-bond acceptors (Lipinski definition) is 9. The molecule has 124 valence electrons. The lowest BCUT2D eigenvalue weighted by Crippen LogP contribution is -2.60. The number of nitro groups is 1. The fourth-order valence-corrected chi connectivity index (χ4v) is 2.17. The van der Waals surface area contributed by atoms with E-state index in [1.54, 1.807) is 6.07 Å². The second kappa shape index (κ2) is 6.86. The topological polar surface area (TPSA) is 166 Å². The Labute approximate surface area is 129 Å². The Balaban J connectivity index is 2.25. The van der Waals surface area contributed by atoms with Crippen molar-refractivity contribution in [3.05, 3.63) is 33.9 Å². The molecule has 0 saturated carbocycles. The van der Waals surface area contributed by atoms with Gasteiger partial charge in [0.15, 0.2) is 12.4 Å². The van der Waals surface area contributed by atoms with Crippen LogP contribution in [0.15, 0.2) is 18.2 Å². The van der Waals surface area contributed by atoms with Crippen LogP contribution in [0.3, 0.4) is 0 Å². The van der Waals surface area contributed by atoms with E-state index in [9.17, 15) is 25.4 Å². The maximum atomic E-state index is 10.7. The van der Waals surface area contributed by atoms with Crippen molar-refractivity contribution < 1.29 is 34.8 Å². The third kappa shape index (κ3) is 3.39. The van der Waals surface area contributed by atoms with E-state index >= 15 is 0 Å². The molecule has 1 aliphatic rings. The number of benzene rings is 1. The first-order valence-electron chi connectivity index (χ1n) is 6.54. The van der Waals surface area contributed by atoms with Gasteiger partial charge in [0.1, 0.15) is 35.7 Å². The van der Waals surface area contributed by atoms with E-state index in [-0.39, 0.29) is 17.0 Å². The number of hydrogen-bond donors (Lipinski definition) is 4. The van der Waals surface area contributed by atoms with Crippen LogP contribution in [-0.2, 0) is 4.74 Å². The summed E-state index contributed by atoms with van der Waals surface area (Å²) in [6.07, 6.45) is -7.42. The molecule has 1 aromatic rings. The highest BCUT2D eigenvalue weighted by molar-refractivity contribution is 5.50. The first-order valence-corrected chi connectivity index (χ1v) is 6.54. The fraction of sp³-hybridized carbons (Fsp3) is 0.462. The number of nitro benzene ring substituents is 1. The summed E-state index contributed by atoms with van der Waals surface area (Å²) in [6.45, 7) is -0.622. The number of nitrogens with zero attached hydrogens (tertiary/aromatic N) is 2. The predicted molar refractivity (Wildman–Crippen MR) is 72.2 cm³/mol. The molecular formula is C13H14N2O8. The summed E-state index contributed by atoms with van der Waals surface area (Å²) in [5.74, 6) is -0.126. The van der Waals surface area contributed by atoms with E-state index in [4.69, 9.17) is 19.8 Å². The van der Waals surface area contributed by atoms with Gasteiger partial charge in [-0.15, -0.1) is 0 Å². The van der Waals surface area contributed by atoms with Crippen LogP contribution in [-0.4, -0.2) is 62.7 Å². The van der Waals surface area contributed by atoms with Gasteiger partial charge in [-0.1, -0.05) is 0 Å². The molecule has 1 aromatic carbocycles. The Morgan fingerprint density at radius 2 is 2.04 bits per heavy atom. The van der Waals surface area contributed by atoms with Crippen LogP contribution in [0.4, 0.5) is 5.69 Å². The number of aliphatic hydroxyl groups excluding tert-OH is 4.